The molecule has 1 aromatic heterocycles. The van der Waals surface area contributed by atoms with E-state index in [1.807, 2.05) is 31.2 Å². The number of benzene rings is 1. The zero-order chi connectivity index (χ0) is 22.8. The summed E-state index contributed by atoms with van der Waals surface area (Å²) < 4.78 is 0. The number of hydrogen-bond donors (Lipinski definition) is 3. The van der Waals surface area contributed by atoms with E-state index in [4.69, 9.17) is 0 Å². The van der Waals surface area contributed by atoms with Gasteiger partial charge in [-0.3, -0.25) is 4.79 Å². The Kier molecular flexibility index (Phi) is 9.32. The van der Waals surface area contributed by atoms with Gasteiger partial charge in [-0.15, -0.1) is 0 Å². The molecule has 1 heterocycles. The zero-order valence-electron chi connectivity index (χ0n) is 19.9. The van der Waals surface area contributed by atoms with Crippen LogP contribution in [0.5, 0.6) is 0 Å². The molecular weight excluding hydrogens is 398 g/mol. The number of aryl methyl sites for hydroxylation is 1. The lowest BCUT2D eigenvalue weighted by Gasteiger charge is -2.23. The summed E-state index contributed by atoms with van der Waals surface area (Å²) in [6.45, 7) is 7.77. The number of rotatable bonds is 11. The normalized spacial score (nSPS) is 15.4. The van der Waals surface area contributed by atoms with Crippen molar-refractivity contribution < 1.29 is 4.79 Å². The first-order valence-electron chi connectivity index (χ1n) is 12.2. The third-order valence-corrected chi connectivity index (χ3v) is 6.03. The van der Waals surface area contributed by atoms with Crippen LogP contribution >= 0.6 is 0 Å². The first-order valence-corrected chi connectivity index (χ1v) is 12.2. The lowest BCUT2D eigenvalue weighted by molar-refractivity contribution is -0.122. The third-order valence-electron chi connectivity index (χ3n) is 6.03. The van der Waals surface area contributed by atoms with Crippen molar-refractivity contribution in [3.05, 3.63) is 47.7 Å². The maximum absolute atomic E-state index is 12.9. The predicted octanol–water partition coefficient (Wildman–Crippen LogP) is 4.96. The molecule has 0 saturated heterocycles. The molecule has 0 radical (unpaired) electrons. The second-order valence-electron chi connectivity index (χ2n) is 9.46. The maximum Gasteiger partial charge on any atom is 0.242 e. The van der Waals surface area contributed by atoms with Gasteiger partial charge in [0.25, 0.3) is 0 Å². The molecule has 1 fully saturated rings. The Morgan fingerprint density at radius 1 is 1.09 bits per heavy atom. The number of nitrogens with one attached hydrogen (secondary N) is 3. The molecule has 2 aromatic rings. The van der Waals surface area contributed by atoms with Gasteiger partial charge in [-0.25, -0.2) is 4.98 Å². The summed E-state index contributed by atoms with van der Waals surface area (Å²) in [6, 6.07) is 11.8. The van der Waals surface area contributed by atoms with Crippen molar-refractivity contribution in [2.24, 2.45) is 11.8 Å². The standard InChI is InChI=1S/C26H39N5O/c1-19(2)16-23(25(32)27-15-14-21-10-6-4-7-11-21)30-24-17-20(3)29-26(31-24)28-18-22-12-8-5-9-13-22/h4,6-7,10-11,17,19,22-23H,5,8-9,12-16,18H2,1-3H3,(H,27,32)(H2,28,29,30,31)/t23-/m0/s1. The van der Waals surface area contributed by atoms with Crippen LogP contribution in [0.3, 0.4) is 0 Å². The van der Waals surface area contributed by atoms with Gasteiger partial charge in [0.05, 0.1) is 0 Å². The van der Waals surface area contributed by atoms with Crippen molar-refractivity contribution in [2.75, 3.05) is 23.7 Å². The van der Waals surface area contributed by atoms with Crippen LogP contribution < -0.4 is 16.0 Å². The summed E-state index contributed by atoms with van der Waals surface area (Å²) in [5.41, 5.74) is 2.11. The molecular formula is C26H39N5O. The second-order valence-corrected chi connectivity index (χ2v) is 9.46. The van der Waals surface area contributed by atoms with Gasteiger partial charge in [-0.05, 0) is 50.0 Å². The first-order chi connectivity index (χ1) is 15.5. The Bertz CT molecular complexity index is 833. The molecule has 6 heteroatoms. The topological polar surface area (TPSA) is 78.9 Å². The average Bonchev–Trinajstić information content (AvgIpc) is 2.78. The molecule has 174 valence electrons. The van der Waals surface area contributed by atoms with E-state index in [-0.39, 0.29) is 11.9 Å². The van der Waals surface area contributed by atoms with Crippen molar-refractivity contribution in [3.63, 3.8) is 0 Å². The Morgan fingerprint density at radius 2 is 1.84 bits per heavy atom. The van der Waals surface area contributed by atoms with Gasteiger partial charge in [0, 0.05) is 24.8 Å². The third kappa shape index (κ3) is 8.13. The van der Waals surface area contributed by atoms with Crippen LogP contribution in [0, 0.1) is 18.8 Å². The van der Waals surface area contributed by atoms with Gasteiger partial charge in [0.2, 0.25) is 11.9 Å². The largest absolute Gasteiger partial charge is 0.358 e. The molecule has 1 atom stereocenters. The molecule has 1 saturated carbocycles. The number of nitrogens with zero attached hydrogens (tertiary/aromatic N) is 2. The van der Waals surface area contributed by atoms with Gasteiger partial charge in [0.15, 0.2) is 0 Å². The molecule has 32 heavy (non-hydrogen) atoms. The van der Waals surface area contributed by atoms with Gasteiger partial charge >= 0.3 is 0 Å². The summed E-state index contributed by atoms with van der Waals surface area (Å²) in [5.74, 6) is 2.45. The highest BCUT2D eigenvalue weighted by Gasteiger charge is 2.21. The van der Waals surface area contributed by atoms with Crippen molar-refractivity contribution in [1.29, 1.82) is 0 Å². The van der Waals surface area contributed by atoms with Crippen molar-refractivity contribution in [3.8, 4) is 0 Å². The first kappa shape index (κ1) is 24.0. The molecule has 0 spiro atoms. The summed E-state index contributed by atoms with van der Waals surface area (Å²) >= 11 is 0. The molecule has 1 aromatic carbocycles. The molecule has 3 rings (SSSR count). The zero-order valence-corrected chi connectivity index (χ0v) is 19.9. The molecule has 1 aliphatic carbocycles. The van der Waals surface area contributed by atoms with E-state index in [1.165, 1.54) is 37.7 Å². The fourth-order valence-electron chi connectivity index (χ4n) is 4.33. The Balaban J connectivity index is 1.58. The monoisotopic (exact) mass is 437 g/mol. The van der Waals surface area contributed by atoms with Gasteiger partial charge in [-0.1, -0.05) is 63.4 Å². The lowest BCUT2D eigenvalue weighted by Crippen LogP contribution is -2.41. The van der Waals surface area contributed by atoms with E-state index >= 15 is 0 Å². The number of hydrogen-bond acceptors (Lipinski definition) is 5. The van der Waals surface area contributed by atoms with Crippen molar-refractivity contribution >= 4 is 17.7 Å². The molecule has 1 aliphatic rings. The van der Waals surface area contributed by atoms with Crippen molar-refractivity contribution in [2.45, 2.75) is 71.8 Å². The van der Waals surface area contributed by atoms with Crippen LogP contribution in [0.25, 0.3) is 0 Å². The maximum atomic E-state index is 12.9. The molecule has 0 unspecified atom stereocenters. The van der Waals surface area contributed by atoms with Crippen LogP contribution in [-0.4, -0.2) is 35.0 Å². The van der Waals surface area contributed by atoms with Crippen LogP contribution in [0.2, 0.25) is 0 Å². The summed E-state index contributed by atoms with van der Waals surface area (Å²) in [5, 5.41) is 9.90. The quantitative estimate of drug-likeness (QED) is 0.463. The fourth-order valence-corrected chi connectivity index (χ4v) is 4.33. The second kappa shape index (κ2) is 12.4. The summed E-state index contributed by atoms with van der Waals surface area (Å²) in [4.78, 5) is 22.2. The number of amides is 1. The van der Waals surface area contributed by atoms with Gasteiger partial charge in [-0.2, -0.15) is 4.98 Å². The predicted molar refractivity (Wildman–Crippen MR) is 132 cm³/mol. The number of anilines is 2. The van der Waals surface area contributed by atoms with E-state index in [1.54, 1.807) is 0 Å². The number of carbonyl (C=O) groups is 1. The highest BCUT2D eigenvalue weighted by molar-refractivity contribution is 5.84. The smallest absolute Gasteiger partial charge is 0.242 e. The Hall–Kier alpha value is -2.63. The number of aromatic nitrogens is 2. The SMILES string of the molecule is Cc1cc(N[C@@H](CC(C)C)C(=O)NCCc2ccccc2)nc(NCC2CCCCC2)n1. The lowest BCUT2D eigenvalue weighted by atomic mass is 9.89. The summed E-state index contributed by atoms with van der Waals surface area (Å²) in [7, 11) is 0. The minimum atomic E-state index is -0.328. The van der Waals surface area contributed by atoms with Crippen LogP contribution in [0.1, 0.15) is 63.6 Å². The van der Waals surface area contributed by atoms with E-state index in [0.717, 1.165) is 25.1 Å². The molecule has 0 aliphatic heterocycles. The van der Waals surface area contributed by atoms with Crippen LogP contribution in [0.15, 0.2) is 36.4 Å². The Labute approximate surface area is 193 Å². The highest BCUT2D eigenvalue weighted by Crippen LogP contribution is 2.24. The van der Waals surface area contributed by atoms with Crippen LogP contribution in [0.4, 0.5) is 11.8 Å². The fraction of sp³-hybridized carbons (Fsp3) is 0.577. The molecule has 1 amide bonds. The molecule has 3 N–H and O–H groups in total. The van der Waals surface area contributed by atoms with E-state index in [9.17, 15) is 4.79 Å². The van der Waals surface area contributed by atoms with Gasteiger partial charge < -0.3 is 16.0 Å². The molecule has 0 bridgehead atoms. The van der Waals surface area contributed by atoms with E-state index in [0.29, 0.717) is 30.1 Å². The average molecular weight is 438 g/mol. The highest BCUT2D eigenvalue weighted by atomic mass is 16.2. The Morgan fingerprint density at radius 3 is 2.56 bits per heavy atom. The minimum Gasteiger partial charge on any atom is -0.358 e. The molecule has 6 nitrogen and oxygen atoms in total. The van der Waals surface area contributed by atoms with E-state index < -0.39 is 0 Å². The van der Waals surface area contributed by atoms with Gasteiger partial charge in [0.1, 0.15) is 11.9 Å². The van der Waals surface area contributed by atoms with E-state index in [2.05, 4.69) is 51.9 Å². The number of carbonyl (C=O) groups excluding carboxylic acids is 1. The van der Waals surface area contributed by atoms with Crippen molar-refractivity contribution in [1.82, 2.24) is 15.3 Å². The minimum absolute atomic E-state index is 0.0163. The summed E-state index contributed by atoms with van der Waals surface area (Å²) in [6.07, 6.45) is 8.13. The van der Waals surface area contributed by atoms with Crippen LogP contribution in [-0.2, 0) is 11.2 Å².